The van der Waals surface area contributed by atoms with Gasteiger partial charge in [-0.15, -0.1) is 0 Å². The molecular weight excluding hydrogens is 1320 g/mol. The van der Waals surface area contributed by atoms with E-state index in [0.717, 1.165) is 27.3 Å². The molecule has 532 valence electrons. The molecule has 0 bridgehead atoms. The molecule has 14 nitrogen and oxygen atoms in total. The molecule has 0 aliphatic rings. The van der Waals surface area contributed by atoms with Crippen molar-refractivity contribution >= 4 is 50.5 Å². The number of aliphatic carboxylic acids is 1. The van der Waals surface area contributed by atoms with Gasteiger partial charge in [-0.1, -0.05) is 64.1 Å². The van der Waals surface area contributed by atoms with Gasteiger partial charge in [-0.3, -0.25) is 28.8 Å². The fourth-order valence-electron chi connectivity index (χ4n) is 11.5. The van der Waals surface area contributed by atoms with E-state index in [1.165, 1.54) is 24.5 Å². The zero-order chi connectivity index (χ0) is 69.0. The van der Waals surface area contributed by atoms with Gasteiger partial charge in [0.15, 0.2) is 23.2 Å². The quantitative estimate of drug-likeness (QED) is 0.0291. The van der Waals surface area contributed by atoms with E-state index in [1.807, 2.05) is 38.0 Å². The predicted molar refractivity (Wildman–Crippen MR) is 360 cm³/mol. The Morgan fingerprint density at radius 2 is 0.887 bits per heavy atom. The maximum atomic E-state index is 16.0. The third-order valence-corrected chi connectivity index (χ3v) is 15.9. The number of pyridine rings is 2. The van der Waals surface area contributed by atoms with Gasteiger partial charge in [0.05, 0.1) is 42.7 Å². The summed E-state index contributed by atoms with van der Waals surface area (Å²) in [6.45, 7) is 16.6. The van der Waals surface area contributed by atoms with Crippen molar-refractivity contribution in [3.63, 3.8) is 0 Å². The number of likely N-dealkylation sites (N-methyl/N-ethyl adjacent to an activating group) is 2. The fraction of sp³-hybridized carbons (Fsp3) is 0.457. The number of alkyl halides is 6. The Labute approximate surface area is 585 Å². The summed E-state index contributed by atoms with van der Waals surface area (Å²) in [5, 5.41) is 9.71. The predicted octanol–water partition coefficient (Wildman–Crippen LogP) is 11.4. The second-order valence-corrected chi connectivity index (χ2v) is 24.9. The van der Waals surface area contributed by atoms with Gasteiger partial charge in [-0.25, -0.2) is 17.6 Å². The molecule has 2 unspecified atom stereocenters. The number of nitrogens with zero attached hydrogens (tertiary/aromatic N) is 4. The number of carbonyl (C=O) groups excluding carboxylic acids is 3. The molecule has 4 aromatic carbocycles. The van der Waals surface area contributed by atoms with Gasteiger partial charge < -0.3 is 39.7 Å². The number of hydrogen-bond acceptors (Lipinski definition) is 10. The van der Waals surface area contributed by atoms with Gasteiger partial charge in [0.2, 0.25) is 0 Å². The number of ketones is 2. The van der Waals surface area contributed by atoms with Crippen molar-refractivity contribution in [2.24, 2.45) is 11.8 Å². The topological polar surface area (TPSA) is 210 Å². The summed E-state index contributed by atoms with van der Waals surface area (Å²) in [5.74, 6) is -12.2. The molecule has 97 heavy (non-hydrogen) atoms. The van der Waals surface area contributed by atoms with Gasteiger partial charge in [0, 0.05) is 50.2 Å². The second kappa shape index (κ2) is 39.3. The van der Waals surface area contributed by atoms with E-state index in [0.29, 0.717) is 76.5 Å². The van der Waals surface area contributed by atoms with E-state index in [-0.39, 0.29) is 99.2 Å². The molecule has 4 N–H and O–H groups in total. The van der Waals surface area contributed by atoms with E-state index in [2.05, 4.69) is 0 Å². The number of benzene rings is 4. The number of carboxylic acids is 1. The van der Waals surface area contributed by atoms with Crippen LogP contribution in [-0.2, 0) is 49.1 Å². The minimum atomic E-state index is -5.11. The smallest absolute Gasteiger partial charge is 0.870 e. The number of halogens is 10. The first-order valence-electron chi connectivity index (χ1n) is 30.3. The normalized spacial score (nSPS) is 12.6. The number of ether oxygens (including phenoxy) is 1. The second-order valence-electron chi connectivity index (χ2n) is 24.9. The molecule has 27 heteroatoms. The van der Waals surface area contributed by atoms with Crippen molar-refractivity contribution < 1.29 is 103 Å². The van der Waals surface area contributed by atoms with Crippen molar-refractivity contribution in [2.75, 3.05) is 47.9 Å². The Morgan fingerprint density at radius 3 is 1.18 bits per heavy atom. The molecule has 0 radical (unpaired) electrons. The number of aryl methyl sites for hydroxylation is 4. The number of carboxylic acid groups (broad SMARTS) is 1. The van der Waals surface area contributed by atoms with Crippen LogP contribution in [0.1, 0.15) is 153 Å². The van der Waals surface area contributed by atoms with E-state index in [4.69, 9.17) is 4.74 Å². The molecule has 2 aromatic heterocycles. The van der Waals surface area contributed by atoms with E-state index >= 15 is 8.78 Å². The molecule has 2 heterocycles. The third-order valence-electron chi connectivity index (χ3n) is 15.9. The largest absolute Gasteiger partial charge is 1.00 e. The van der Waals surface area contributed by atoms with E-state index < -0.39 is 142 Å². The minimum Gasteiger partial charge on any atom is -0.870 e. The van der Waals surface area contributed by atoms with Crippen LogP contribution >= 0.6 is 27.0 Å². The molecule has 0 spiro atoms. The van der Waals surface area contributed by atoms with Crippen molar-refractivity contribution in [1.29, 1.82) is 0 Å². The zero-order valence-corrected chi connectivity index (χ0v) is 59.1. The molecule has 6 rings (SSSR count). The summed E-state index contributed by atoms with van der Waals surface area (Å²) >= 11 is 0. The van der Waals surface area contributed by atoms with Crippen LogP contribution in [-0.4, -0.2) is 106 Å². The van der Waals surface area contributed by atoms with Crippen LogP contribution < -0.4 is 30.0 Å². The van der Waals surface area contributed by atoms with Crippen LogP contribution in [0.15, 0.2) is 94.8 Å². The number of aromatic nitrogens is 2. The Morgan fingerprint density at radius 1 is 0.557 bits per heavy atom. The maximum Gasteiger partial charge on any atom is 1.00 e. The minimum absolute atomic E-state index is 0. The third kappa shape index (κ3) is 24.7. The Bertz CT molecular complexity index is 3730. The first kappa shape index (κ1) is 90.5. The Balaban J connectivity index is 0.00000181. The van der Waals surface area contributed by atoms with Gasteiger partial charge in [0.1, 0.15) is 11.6 Å². The van der Waals surface area contributed by atoms with Crippen molar-refractivity contribution in [3.05, 3.63) is 185 Å². The van der Waals surface area contributed by atoms with Crippen molar-refractivity contribution in [3.8, 4) is 22.3 Å². The molecular formula is C70H89F10LiN4O10S2. The molecule has 0 saturated carbocycles. The van der Waals surface area contributed by atoms with Gasteiger partial charge in [-0.05, 0) is 203 Å². The van der Waals surface area contributed by atoms with Crippen LogP contribution in [0, 0.1) is 62.8 Å². The Hall–Kier alpha value is -6.50. The number of Topliss-reactive ketones (excluding diaryl/α,β-unsaturated/α-hetero) is 2. The number of carbonyl (C=O) groups is 4. The summed E-state index contributed by atoms with van der Waals surface area (Å²) in [5.41, 5.74) is -1.74. The summed E-state index contributed by atoms with van der Waals surface area (Å²) in [7, 11) is 7.30. The van der Waals surface area contributed by atoms with E-state index in [1.54, 1.807) is 98.7 Å². The first-order valence-corrected chi connectivity index (χ1v) is 30.3. The number of hydrogen-bond donors (Lipinski definition) is 1. The molecule has 0 fully saturated rings. The van der Waals surface area contributed by atoms with Crippen LogP contribution in [0.5, 0.6) is 0 Å². The fourth-order valence-corrected chi connectivity index (χ4v) is 11.5. The van der Waals surface area contributed by atoms with Crippen LogP contribution in [0.25, 0.3) is 22.3 Å². The molecule has 0 saturated heterocycles. The SMILES string of the molecule is CCOC(=O)C[C@H](CC(=O)C(CC(C)C)n1cc(CCN(C)C)cc(F)c1=O)c1cc(-c2c(C)cccc2C)cc(C(F)(F)F)c1F.Cc1cccc(C)c1-c1cc([C@H](CC(=O)O)CC(=O)C(CC(C)C)n2cc(CCN(C)C)cc(F)c2=O)c(F)c(C(F)(F)F)c1.O.S.S.[Li+].[OH-]. The molecule has 0 amide bonds. The van der Waals surface area contributed by atoms with Gasteiger partial charge in [0.25, 0.3) is 11.1 Å². The zero-order valence-electron chi connectivity index (χ0n) is 57.1. The van der Waals surface area contributed by atoms with Crippen LogP contribution in [0.4, 0.5) is 43.9 Å². The molecule has 6 aromatic rings. The molecule has 0 aliphatic carbocycles. The number of esters is 1. The standard InChI is InChI=1S/C36H43F5N2O4.C34H39F5N2O4.Li.2H2O.2H2S/c1-8-47-32(45)19-25(27-16-26(17-28(34(27)38)36(39,40)41)33-22(4)10-9-11-23(33)5)18-31(44)30(14-21(2)3)43-20-24(12-13-42(6)7)15-29(37)35(43)46;1-19(2)12-28(41-18-22(10-11-40(5)6)13-27(35)33(41)45)29(42)16-23(17-30(43)44)25-14-24(15-26(32(25)36)34(37,38)39)31-20(3)8-7-9-21(31)4;;;;;/h9-11,15-17,20-21,25,30H,8,12-14,18-19H2,1-7H3;7-9,13-15,18-19,23,28H,10-12,16-17H2,1-6H3,(H,43,44);;4*1H2/q;;+1;;;;/p-1/t25-,30?;23-,28?;;;;;/m00...../s1. The van der Waals surface area contributed by atoms with Crippen LogP contribution in [0.2, 0.25) is 0 Å². The molecule has 4 atom stereocenters. The number of rotatable bonds is 27. The average Bonchev–Trinajstić information content (AvgIpc) is 0.779. The Kier molecular flexibility index (Phi) is 36.7. The summed E-state index contributed by atoms with van der Waals surface area (Å²) < 4.78 is 154. The van der Waals surface area contributed by atoms with Crippen LogP contribution in [0.3, 0.4) is 0 Å². The van der Waals surface area contributed by atoms with E-state index in [9.17, 15) is 69.0 Å². The maximum absolute atomic E-state index is 16.0. The van der Waals surface area contributed by atoms with Crippen molar-refractivity contribution in [2.45, 2.75) is 150 Å². The summed E-state index contributed by atoms with van der Waals surface area (Å²) in [6.07, 6.45) is -9.21. The molecule has 0 aliphatic heterocycles. The summed E-state index contributed by atoms with van der Waals surface area (Å²) in [4.78, 5) is 82.5. The van der Waals surface area contributed by atoms with Crippen molar-refractivity contribution in [1.82, 2.24) is 18.9 Å². The summed E-state index contributed by atoms with van der Waals surface area (Å²) in [6, 6.07) is 13.9. The van der Waals surface area contributed by atoms with Gasteiger partial charge >= 0.3 is 43.2 Å². The first-order chi connectivity index (χ1) is 42.8. The average molecular weight is 1410 g/mol. The monoisotopic (exact) mass is 1410 g/mol. The van der Waals surface area contributed by atoms with Gasteiger partial charge in [-0.2, -0.15) is 53.3 Å².